The van der Waals surface area contributed by atoms with Gasteiger partial charge in [0.25, 0.3) is 0 Å². The summed E-state index contributed by atoms with van der Waals surface area (Å²) in [6.07, 6.45) is -2.83. The lowest BCUT2D eigenvalue weighted by Gasteiger charge is -2.30. The summed E-state index contributed by atoms with van der Waals surface area (Å²) in [6.45, 7) is 0.470. The number of hydrogen-bond acceptors (Lipinski definition) is 5. The molecule has 1 aromatic rings. The molecule has 2 aliphatic heterocycles. The molecular formula is C15H10BrF3N4O. The van der Waals surface area contributed by atoms with Gasteiger partial charge >= 0.3 is 6.18 Å². The van der Waals surface area contributed by atoms with Gasteiger partial charge in [0.15, 0.2) is 0 Å². The first-order chi connectivity index (χ1) is 11.3. The lowest BCUT2D eigenvalue weighted by molar-refractivity contribution is -0.137. The van der Waals surface area contributed by atoms with Gasteiger partial charge < -0.3 is 10.5 Å². The number of halogens is 4. The maximum Gasteiger partial charge on any atom is 0.416 e. The molecule has 0 bridgehead atoms. The Kier molecular flexibility index (Phi) is 4.11. The number of hydrazone groups is 1. The summed E-state index contributed by atoms with van der Waals surface area (Å²) < 4.78 is 44.6. The zero-order valence-corrected chi connectivity index (χ0v) is 13.6. The lowest BCUT2D eigenvalue weighted by atomic mass is 9.99. The number of alkyl halides is 3. The molecule has 9 heteroatoms. The van der Waals surface area contributed by atoms with Gasteiger partial charge in [0.2, 0.25) is 0 Å². The minimum absolute atomic E-state index is 0.0329. The number of fused-ring (bicyclic) bond motifs is 1. The molecule has 124 valence electrons. The molecule has 0 radical (unpaired) electrons. The summed E-state index contributed by atoms with van der Waals surface area (Å²) in [6, 6.07) is 5.13. The van der Waals surface area contributed by atoms with E-state index in [0.29, 0.717) is 22.4 Å². The third-order valence-electron chi connectivity index (χ3n) is 3.54. The zero-order chi connectivity index (χ0) is 17.5. The van der Waals surface area contributed by atoms with E-state index in [0.717, 1.165) is 17.1 Å². The third kappa shape index (κ3) is 2.79. The van der Waals surface area contributed by atoms with Crippen LogP contribution in [0.3, 0.4) is 0 Å². The summed E-state index contributed by atoms with van der Waals surface area (Å²) in [7, 11) is 0. The van der Waals surface area contributed by atoms with Crippen molar-refractivity contribution in [2.45, 2.75) is 6.18 Å². The van der Waals surface area contributed by atoms with Gasteiger partial charge in [0, 0.05) is 10.0 Å². The summed E-state index contributed by atoms with van der Waals surface area (Å²) in [5.74, 6) is -0.0329. The predicted octanol–water partition coefficient (Wildman–Crippen LogP) is 3.29. The molecule has 0 unspecified atom stereocenters. The van der Waals surface area contributed by atoms with Gasteiger partial charge in [-0.15, -0.1) is 0 Å². The first-order valence-corrected chi connectivity index (χ1v) is 7.55. The Balaban J connectivity index is 2.16. The van der Waals surface area contributed by atoms with E-state index in [1.54, 1.807) is 6.08 Å². The van der Waals surface area contributed by atoms with Crippen molar-refractivity contribution >= 4 is 27.3 Å². The van der Waals surface area contributed by atoms with E-state index in [1.165, 1.54) is 6.07 Å². The standard InChI is InChI=1S/C15H10BrF3N4O/c16-11-2-1-8(15(17,18)19)5-13(11)23-14(21)10(6-20)9-3-4-24-7-12(9)22-23/h1-3,5H,4,7,21H2. The molecule has 24 heavy (non-hydrogen) atoms. The molecule has 0 fully saturated rings. The average Bonchev–Trinajstić information content (AvgIpc) is 2.54. The van der Waals surface area contributed by atoms with Gasteiger partial charge in [-0.2, -0.15) is 23.5 Å². The van der Waals surface area contributed by atoms with Crippen LogP contribution in [0.4, 0.5) is 18.9 Å². The highest BCUT2D eigenvalue weighted by Gasteiger charge is 2.33. The van der Waals surface area contributed by atoms with Crippen LogP contribution in [-0.4, -0.2) is 18.9 Å². The number of anilines is 1. The van der Waals surface area contributed by atoms with Crippen LogP contribution in [0.25, 0.3) is 0 Å². The van der Waals surface area contributed by atoms with Gasteiger partial charge in [0.05, 0.1) is 30.2 Å². The predicted molar refractivity (Wildman–Crippen MR) is 84.8 cm³/mol. The van der Waals surface area contributed by atoms with Crippen LogP contribution < -0.4 is 10.7 Å². The van der Waals surface area contributed by atoms with Crippen LogP contribution in [0, 0.1) is 11.3 Å². The largest absolute Gasteiger partial charge is 0.416 e. The van der Waals surface area contributed by atoms with E-state index in [-0.39, 0.29) is 23.7 Å². The van der Waals surface area contributed by atoms with Crippen LogP contribution in [0.1, 0.15) is 5.56 Å². The molecular weight excluding hydrogens is 389 g/mol. The molecule has 0 atom stereocenters. The molecule has 2 heterocycles. The quantitative estimate of drug-likeness (QED) is 0.787. The second-order valence-electron chi connectivity index (χ2n) is 5.03. The van der Waals surface area contributed by atoms with Gasteiger partial charge in [-0.25, -0.2) is 5.01 Å². The molecule has 0 saturated carbocycles. The highest BCUT2D eigenvalue weighted by Crippen LogP contribution is 2.38. The van der Waals surface area contributed by atoms with Crippen molar-refractivity contribution in [2.24, 2.45) is 10.8 Å². The van der Waals surface area contributed by atoms with Crippen LogP contribution in [0.15, 0.2) is 50.8 Å². The van der Waals surface area contributed by atoms with E-state index in [4.69, 9.17) is 10.5 Å². The van der Waals surface area contributed by atoms with Crippen LogP contribution in [0.2, 0.25) is 0 Å². The van der Waals surface area contributed by atoms with Crippen molar-refractivity contribution in [2.75, 3.05) is 18.2 Å². The fourth-order valence-electron chi connectivity index (χ4n) is 2.39. The maximum absolute atomic E-state index is 13.0. The SMILES string of the molecule is N#CC1=C(N)N(c2cc(C(F)(F)F)ccc2Br)N=C2COCC=C21. The van der Waals surface area contributed by atoms with Crippen LogP contribution in [0.5, 0.6) is 0 Å². The minimum atomic E-state index is -4.51. The van der Waals surface area contributed by atoms with Crippen molar-refractivity contribution in [3.05, 3.63) is 51.3 Å². The number of nitrogens with two attached hydrogens (primary N) is 1. The monoisotopic (exact) mass is 398 g/mol. The third-order valence-corrected chi connectivity index (χ3v) is 4.21. The Bertz CT molecular complexity index is 836. The molecule has 2 aliphatic rings. The first-order valence-electron chi connectivity index (χ1n) is 6.75. The molecule has 2 N–H and O–H groups in total. The lowest BCUT2D eigenvalue weighted by Crippen LogP contribution is -2.34. The van der Waals surface area contributed by atoms with E-state index in [1.807, 2.05) is 6.07 Å². The number of nitrogens with zero attached hydrogens (tertiary/aromatic N) is 3. The van der Waals surface area contributed by atoms with Gasteiger partial charge in [-0.1, -0.05) is 0 Å². The minimum Gasteiger partial charge on any atom is -0.383 e. The van der Waals surface area contributed by atoms with E-state index < -0.39 is 11.7 Å². The summed E-state index contributed by atoms with van der Waals surface area (Å²) >= 11 is 3.20. The zero-order valence-electron chi connectivity index (χ0n) is 12.1. The molecule has 0 aromatic heterocycles. The smallest absolute Gasteiger partial charge is 0.383 e. The number of hydrogen-bond donors (Lipinski definition) is 1. The Labute approximate surface area is 143 Å². The Morgan fingerprint density at radius 2 is 2.12 bits per heavy atom. The Hall–Kier alpha value is -2.31. The second-order valence-corrected chi connectivity index (χ2v) is 5.88. The number of allylic oxidation sites excluding steroid dienone is 1. The van der Waals surface area contributed by atoms with E-state index >= 15 is 0 Å². The highest BCUT2D eigenvalue weighted by atomic mass is 79.9. The average molecular weight is 399 g/mol. The van der Waals surface area contributed by atoms with Gasteiger partial charge in [0.1, 0.15) is 17.5 Å². The van der Waals surface area contributed by atoms with Crippen molar-refractivity contribution in [1.29, 1.82) is 5.26 Å². The number of rotatable bonds is 1. The first kappa shape index (κ1) is 16.5. The maximum atomic E-state index is 13.0. The molecule has 0 amide bonds. The van der Waals surface area contributed by atoms with Crippen LogP contribution in [-0.2, 0) is 10.9 Å². The Morgan fingerprint density at radius 1 is 1.38 bits per heavy atom. The second kappa shape index (κ2) is 5.96. The van der Waals surface area contributed by atoms with Gasteiger partial charge in [-0.05, 0) is 40.2 Å². The normalized spacial score (nSPS) is 17.9. The topological polar surface area (TPSA) is 74.6 Å². The highest BCUT2D eigenvalue weighted by molar-refractivity contribution is 9.10. The van der Waals surface area contributed by atoms with Crippen LogP contribution >= 0.6 is 15.9 Å². The molecule has 3 rings (SSSR count). The van der Waals surface area contributed by atoms with Crippen molar-refractivity contribution in [3.63, 3.8) is 0 Å². The molecule has 1 aromatic carbocycles. The Morgan fingerprint density at radius 3 is 2.79 bits per heavy atom. The van der Waals surface area contributed by atoms with Crippen molar-refractivity contribution in [3.8, 4) is 6.07 Å². The number of benzene rings is 1. The molecule has 0 spiro atoms. The number of nitriles is 1. The van der Waals surface area contributed by atoms with Crippen molar-refractivity contribution in [1.82, 2.24) is 0 Å². The molecule has 0 saturated heterocycles. The van der Waals surface area contributed by atoms with E-state index in [9.17, 15) is 18.4 Å². The van der Waals surface area contributed by atoms with E-state index in [2.05, 4.69) is 21.0 Å². The fourth-order valence-corrected chi connectivity index (χ4v) is 2.81. The summed E-state index contributed by atoms with van der Waals surface area (Å²) in [5.41, 5.74) is 6.40. The summed E-state index contributed by atoms with van der Waals surface area (Å²) in [5, 5.41) is 14.8. The molecule has 5 nitrogen and oxygen atoms in total. The van der Waals surface area contributed by atoms with Gasteiger partial charge in [-0.3, -0.25) is 0 Å². The number of ether oxygens (including phenoxy) is 1. The van der Waals surface area contributed by atoms with Crippen molar-refractivity contribution < 1.29 is 17.9 Å². The molecule has 0 aliphatic carbocycles. The fraction of sp³-hybridized carbons (Fsp3) is 0.200. The summed E-state index contributed by atoms with van der Waals surface area (Å²) in [4.78, 5) is 0.